The van der Waals surface area contributed by atoms with E-state index < -0.39 is 0 Å². The molecule has 3 nitrogen and oxygen atoms in total. The molecule has 0 fully saturated rings. The second-order valence-corrected chi connectivity index (χ2v) is 4.33. The largest absolute Gasteiger partial charge is 0.507 e. The number of para-hydroxylation sites is 1. The van der Waals surface area contributed by atoms with Crippen molar-refractivity contribution in [2.75, 3.05) is 0 Å². The molecule has 0 aromatic heterocycles. The van der Waals surface area contributed by atoms with Gasteiger partial charge in [-0.15, -0.1) is 0 Å². The number of hydrazone groups is 1. The minimum absolute atomic E-state index is 0.195. The average Bonchev–Trinajstić information content (AvgIpc) is 2.93. The van der Waals surface area contributed by atoms with Gasteiger partial charge in [-0.1, -0.05) is 42.5 Å². The zero-order chi connectivity index (χ0) is 12.4. The Morgan fingerprint density at radius 1 is 1.00 bits per heavy atom. The minimum atomic E-state index is 0.195. The summed E-state index contributed by atoms with van der Waals surface area (Å²) in [5, 5.41) is 14.0. The van der Waals surface area contributed by atoms with Gasteiger partial charge in [-0.2, -0.15) is 5.10 Å². The van der Waals surface area contributed by atoms with Crippen molar-refractivity contribution in [3.05, 3.63) is 54.1 Å². The molecule has 2 aromatic rings. The van der Waals surface area contributed by atoms with Gasteiger partial charge in [0, 0.05) is 18.2 Å². The molecule has 1 unspecified atom stereocenters. The van der Waals surface area contributed by atoms with Crippen LogP contribution >= 0.6 is 0 Å². The molecule has 0 radical (unpaired) electrons. The number of hydrogen-bond acceptors (Lipinski definition) is 3. The molecule has 1 atom stereocenters. The number of aromatic hydroxyl groups is 1. The van der Waals surface area contributed by atoms with E-state index in [-0.39, 0.29) is 6.04 Å². The predicted molar refractivity (Wildman–Crippen MR) is 72.5 cm³/mol. The molecule has 0 bridgehead atoms. The molecule has 18 heavy (non-hydrogen) atoms. The van der Waals surface area contributed by atoms with Gasteiger partial charge in [0.15, 0.2) is 0 Å². The van der Waals surface area contributed by atoms with Crippen molar-refractivity contribution in [3.8, 4) is 16.9 Å². The Kier molecular flexibility index (Phi) is 2.73. The van der Waals surface area contributed by atoms with Crippen LogP contribution in [-0.2, 0) is 0 Å². The maximum absolute atomic E-state index is 9.98. The highest BCUT2D eigenvalue weighted by atomic mass is 16.3. The van der Waals surface area contributed by atoms with Crippen LogP contribution in [-0.4, -0.2) is 11.3 Å². The van der Waals surface area contributed by atoms with Crippen LogP contribution in [0.4, 0.5) is 0 Å². The second kappa shape index (κ2) is 4.53. The molecule has 0 aliphatic carbocycles. The highest BCUT2D eigenvalue weighted by Crippen LogP contribution is 2.35. The molecule has 0 saturated heterocycles. The Morgan fingerprint density at radius 2 is 1.72 bits per heavy atom. The molecule has 2 aromatic carbocycles. The van der Waals surface area contributed by atoms with Crippen LogP contribution in [0.15, 0.2) is 53.6 Å². The third kappa shape index (κ3) is 1.84. The Labute approximate surface area is 106 Å². The second-order valence-electron chi connectivity index (χ2n) is 4.33. The van der Waals surface area contributed by atoms with Crippen molar-refractivity contribution in [2.24, 2.45) is 5.10 Å². The van der Waals surface area contributed by atoms with Crippen LogP contribution in [0.3, 0.4) is 0 Å². The van der Waals surface area contributed by atoms with E-state index in [0.29, 0.717) is 5.75 Å². The van der Waals surface area contributed by atoms with Crippen molar-refractivity contribution in [1.29, 1.82) is 0 Å². The maximum atomic E-state index is 9.98. The summed E-state index contributed by atoms with van der Waals surface area (Å²) in [6.45, 7) is 0. The monoisotopic (exact) mass is 238 g/mol. The number of nitrogens with zero attached hydrogens (tertiary/aromatic N) is 1. The summed E-state index contributed by atoms with van der Waals surface area (Å²) in [5.74, 6) is 0.309. The van der Waals surface area contributed by atoms with Crippen molar-refractivity contribution >= 4 is 6.21 Å². The molecular formula is C15H14N2O. The standard InChI is InChI=1S/C15H14N2O/c18-15-8-4-3-7-13(15)11-5-1-2-6-12(11)14-9-10-16-17-14/h1-8,10,14,17-18H,9H2. The lowest BCUT2D eigenvalue weighted by molar-refractivity contribution is 0.477. The zero-order valence-electron chi connectivity index (χ0n) is 9.88. The fourth-order valence-electron chi connectivity index (χ4n) is 2.30. The summed E-state index contributed by atoms with van der Waals surface area (Å²) in [5.41, 5.74) is 6.17. The van der Waals surface area contributed by atoms with Gasteiger partial charge in [-0.05, 0) is 17.2 Å². The lowest BCUT2D eigenvalue weighted by Crippen LogP contribution is -2.10. The third-order valence-corrected chi connectivity index (χ3v) is 3.19. The Bertz CT molecular complexity index is 585. The fourth-order valence-corrected chi connectivity index (χ4v) is 2.30. The highest BCUT2D eigenvalue weighted by molar-refractivity contribution is 5.74. The Hall–Kier alpha value is -2.29. The van der Waals surface area contributed by atoms with Crippen LogP contribution in [0, 0.1) is 0 Å². The summed E-state index contributed by atoms with van der Waals surface area (Å²) < 4.78 is 0. The van der Waals surface area contributed by atoms with E-state index in [9.17, 15) is 5.11 Å². The first-order valence-electron chi connectivity index (χ1n) is 6.00. The molecule has 0 amide bonds. The number of nitrogens with one attached hydrogen (secondary N) is 1. The number of benzene rings is 2. The quantitative estimate of drug-likeness (QED) is 0.844. The van der Waals surface area contributed by atoms with Crippen LogP contribution in [0.1, 0.15) is 18.0 Å². The first-order chi connectivity index (χ1) is 8.86. The van der Waals surface area contributed by atoms with Crippen LogP contribution in [0.5, 0.6) is 5.75 Å². The molecule has 1 aliphatic rings. The van der Waals surface area contributed by atoms with Gasteiger partial charge in [0.25, 0.3) is 0 Å². The topological polar surface area (TPSA) is 44.6 Å². The van der Waals surface area contributed by atoms with Gasteiger partial charge in [0.1, 0.15) is 5.75 Å². The van der Waals surface area contributed by atoms with E-state index in [1.165, 1.54) is 0 Å². The van der Waals surface area contributed by atoms with Crippen molar-refractivity contribution in [3.63, 3.8) is 0 Å². The van der Waals surface area contributed by atoms with Gasteiger partial charge < -0.3 is 10.5 Å². The fraction of sp³-hybridized carbons (Fsp3) is 0.133. The molecule has 90 valence electrons. The Morgan fingerprint density at radius 3 is 2.44 bits per heavy atom. The van der Waals surface area contributed by atoms with Gasteiger partial charge in [-0.25, -0.2) is 0 Å². The highest BCUT2D eigenvalue weighted by Gasteiger charge is 2.18. The predicted octanol–water partition coefficient (Wildman–Crippen LogP) is 3.08. The van der Waals surface area contributed by atoms with Gasteiger partial charge >= 0.3 is 0 Å². The van der Waals surface area contributed by atoms with Gasteiger partial charge in [0.05, 0.1) is 6.04 Å². The molecule has 1 aliphatic heterocycles. The van der Waals surface area contributed by atoms with Crippen molar-refractivity contribution in [1.82, 2.24) is 5.43 Å². The third-order valence-electron chi connectivity index (χ3n) is 3.19. The lowest BCUT2D eigenvalue weighted by Gasteiger charge is -2.16. The molecule has 3 heteroatoms. The van der Waals surface area contributed by atoms with Crippen molar-refractivity contribution < 1.29 is 5.11 Å². The van der Waals surface area contributed by atoms with E-state index >= 15 is 0 Å². The molecular weight excluding hydrogens is 224 g/mol. The summed E-state index contributed by atoms with van der Waals surface area (Å²) in [7, 11) is 0. The zero-order valence-corrected chi connectivity index (χ0v) is 9.88. The summed E-state index contributed by atoms with van der Waals surface area (Å²) in [4.78, 5) is 0. The van der Waals surface area contributed by atoms with E-state index in [2.05, 4.69) is 16.6 Å². The molecule has 1 heterocycles. The average molecular weight is 238 g/mol. The number of hydrogen-bond donors (Lipinski definition) is 2. The van der Waals surface area contributed by atoms with Gasteiger partial charge in [-0.3, -0.25) is 0 Å². The first kappa shape index (κ1) is 10.8. The van der Waals surface area contributed by atoms with E-state index in [0.717, 1.165) is 23.1 Å². The minimum Gasteiger partial charge on any atom is -0.507 e. The van der Waals surface area contributed by atoms with Crippen LogP contribution in [0.2, 0.25) is 0 Å². The van der Waals surface area contributed by atoms with E-state index in [4.69, 9.17) is 0 Å². The maximum Gasteiger partial charge on any atom is 0.123 e. The van der Waals surface area contributed by atoms with Crippen molar-refractivity contribution in [2.45, 2.75) is 12.5 Å². The lowest BCUT2D eigenvalue weighted by atomic mass is 9.94. The molecule has 0 saturated carbocycles. The Balaban J connectivity index is 2.09. The first-order valence-corrected chi connectivity index (χ1v) is 6.00. The van der Waals surface area contributed by atoms with E-state index in [1.807, 2.05) is 42.6 Å². The molecule has 3 rings (SSSR count). The summed E-state index contributed by atoms with van der Waals surface area (Å²) >= 11 is 0. The molecule has 2 N–H and O–H groups in total. The van der Waals surface area contributed by atoms with Crippen LogP contribution in [0.25, 0.3) is 11.1 Å². The summed E-state index contributed by atoms with van der Waals surface area (Å²) in [6.07, 6.45) is 2.76. The van der Waals surface area contributed by atoms with Gasteiger partial charge in [0.2, 0.25) is 0 Å². The smallest absolute Gasteiger partial charge is 0.123 e. The number of phenols is 1. The normalized spacial score (nSPS) is 17.7. The number of rotatable bonds is 2. The number of phenolic OH excluding ortho intramolecular Hbond substituents is 1. The van der Waals surface area contributed by atoms with E-state index in [1.54, 1.807) is 6.07 Å². The SMILES string of the molecule is Oc1ccccc1-c1ccccc1C1CC=NN1. The van der Waals surface area contributed by atoms with Crippen LogP contribution < -0.4 is 5.43 Å². The summed E-state index contributed by atoms with van der Waals surface area (Å²) in [6, 6.07) is 15.7. The molecule has 0 spiro atoms.